The van der Waals surface area contributed by atoms with Gasteiger partial charge in [-0.25, -0.2) is 19.6 Å². The van der Waals surface area contributed by atoms with Crippen molar-refractivity contribution in [1.82, 2.24) is 29.7 Å². The lowest BCUT2D eigenvalue weighted by Crippen LogP contribution is -2.01. The van der Waals surface area contributed by atoms with Crippen LogP contribution in [0, 0.1) is 13.8 Å². The highest BCUT2D eigenvalue weighted by molar-refractivity contribution is 5.43. The predicted octanol–water partition coefficient (Wildman–Crippen LogP) is 3.26. The molecule has 0 fully saturated rings. The zero-order valence-electron chi connectivity index (χ0n) is 14.1. The van der Waals surface area contributed by atoms with Crippen molar-refractivity contribution in [2.24, 2.45) is 0 Å². The van der Waals surface area contributed by atoms with Crippen molar-refractivity contribution >= 4 is 0 Å². The number of nitrogens with one attached hydrogen (secondary N) is 1. The van der Waals surface area contributed by atoms with Crippen LogP contribution in [0.15, 0.2) is 55.0 Å². The first-order chi connectivity index (χ1) is 12.2. The van der Waals surface area contributed by atoms with Crippen LogP contribution in [0.1, 0.15) is 22.6 Å². The Labute approximate surface area is 145 Å². The van der Waals surface area contributed by atoms with Crippen LogP contribution >= 0.6 is 0 Å². The molecule has 4 rings (SSSR count). The van der Waals surface area contributed by atoms with Crippen LogP contribution < -0.4 is 0 Å². The Morgan fingerprint density at radius 1 is 1.04 bits per heavy atom. The van der Waals surface area contributed by atoms with Crippen LogP contribution in [0.25, 0.3) is 17.3 Å². The third kappa shape index (κ3) is 3.19. The average Bonchev–Trinajstić information content (AvgIpc) is 3.25. The van der Waals surface area contributed by atoms with E-state index in [2.05, 4.69) is 62.3 Å². The molecule has 0 aliphatic heterocycles. The lowest BCUT2D eigenvalue weighted by atomic mass is 10.1. The van der Waals surface area contributed by atoms with Gasteiger partial charge in [0.05, 0.1) is 11.4 Å². The number of aromatic nitrogens is 6. The second-order valence-electron chi connectivity index (χ2n) is 5.99. The van der Waals surface area contributed by atoms with Crippen LogP contribution in [-0.4, -0.2) is 29.7 Å². The van der Waals surface area contributed by atoms with Gasteiger partial charge in [-0.1, -0.05) is 12.1 Å². The van der Waals surface area contributed by atoms with Gasteiger partial charge in [-0.15, -0.1) is 0 Å². The summed E-state index contributed by atoms with van der Waals surface area (Å²) in [4.78, 5) is 16.1. The molecule has 1 N–H and O–H groups in total. The fraction of sp³-hybridized carbons (Fsp3) is 0.158. The van der Waals surface area contributed by atoms with Gasteiger partial charge >= 0.3 is 0 Å². The van der Waals surface area contributed by atoms with Gasteiger partial charge in [0.2, 0.25) is 0 Å². The second kappa shape index (κ2) is 6.32. The summed E-state index contributed by atoms with van der Waals surface area (Å²) in [6.45, 7) is 4.07. The summed E-state index contributed by atoms with van der Waals surface area (Å²) in [5, 5.41) is 4.56. The number of aryl methyl sites for hydroxylation is 2. The van der Waals surface area contributed by atoms with Crippen molar-refractivity contribution in [1.29, 1.82) is 0 Å². The fourth-order valence-electron chi connectivity index (χ4n) is 2.89. The quantitative estimate of drug-likeness (QED) is 0.623. The monoisotopic (exact) mass is 330 g/mol. The maximum absolute atomic E-state index is 4.61. The molecule has 6 nitrogen and oxygen atoms in total. The zero-order chi connectivity index (χ0) is 17.2. The normalized spacial score (nSPS) is 11.0. The highest BCUT2D eigenvalue weighted by Crippen LogP contribution is 2.17. The molecule has 0 unspecified atom stereocenters. The van der Waals surface area contributed by atoms with Crippen LogP contribution in [0.5, 0.6) is 0 Å². The summed E-state index contributed by atoms with van der Waals surface area (Å²) < 4.78 is 1.97. The van der Waals surface area contributed by atoms with E-state index < -0.39 is 0 Å². The Morgan fingerprint density at radius 2 is 1.96 bits per heavy atom. The number of aromatic amines is 1. The molecule has 0 saturated carbocycles. The van der Waals surface area contributed by atoms with E-state index in [1.54, 1.807) is 18.6 Å². The summed E-state index contributed by atoms with van der Waals surface area (Å²) >= 11 is 0. The van der Waals surface area contributed by atoms with E-state index in [9.17, 15) is 0 Å². The van der Waals surface area contributed by atoms with E-state index in [4.69, 9.17) is 0 Å². The number of nitrogens with zero attached hydrogens (tertiary/aromatic N) is 5. The third-order valence-electron chi connectivity index (χ3n) is 3.97. The Hall–Kier alpha value is -3.28. The van der Waals surface area contributed by atoms with Crippen molar-refractivity contribution in [2.75, 3.05) is 0 Å². The summed E-state index contributed by atoms with van der Waals surface area (Å²) in [5.41, 5.74) is 5.32. The molecule has 0 bridgehead atoms. The van der Waals surface area contributed by atoms with Gasteiger partial charge in [0.1, 0.15) is 0 Å². The minimum Gasteiger partial charge on any atom is -0.342 e. The molecular weight excluding hydrogens is 312 g/mol. The standard InChI is InChI=1S/C19H18N6/c1-13-10-14(2)25(24-13)17-5-3-4-15(12-17)11-16-6-7-20-19(23-16)18-21-8-9-22-18/h3-10,12H,11H2,1-2H3,(H,21,22). The topological polar surface area (TPSA) is 72.3 Å². The number of hydrogen-bond acceptors (Lipinski definition) is 4. The predicted molar refractivity (Wildman–Crippen MR) is 95.5 cm³/mol. The highest BCUT2D eigenvalue weighted by Gasteiger charge is 2.08. The lowest BCUT2D eigenvalue weighted by molar-refractivity contribution is 0.831. The molecule has 0 aliphatic rings. The largest absolute Gasteiger partial charge is 0.342 e. The molecule has 3 aromatic heterocycles. The fourth-order valence-corrected chi connectivity index (χ4v) is 2.89. The highest BCUT2D eigenvalue weighted by atomic mass is 15.3. The van der Waals surface area contributed by atoms with Crippen molar-refractivity contribution in [2.45, 2.75) is 20.3 Å². The minimum atomic E-state index is 0.609. The molecular formula is C19H18N6. The first-order valence-electron chi connectivity index (χ1n) is 8.13. The Balaban J connectivity index is 1.62. The van der Waals surface area contributed by atoms with Gasteiger partial charge in [-0.3, -0.25) is 0 Å². The van der Waals surface area contributed by atoms with Crippen LogP contribution in [0.3, 0.4) is 0 Å². The number of H-pyrrole nitrogens is 1. The third-order valence-corrected chi connectivity index (χ3v) is 3.97. The van der Waals surface area contributed by atoms with Crippen LogP contribution in [0.4, 0.5) is 0 Å². The Morgan fingerprint density at radius 3 is 2.72 bits per heavy atom. The summed E-state index contributed by atoms with van der Waals surface area (Å²) in [7, 11) is 0. The summed E-state index contributed by atoms with van der Waals surface area (Å²) in [5.74, 6) is 1.29. The van der Waals surface area contributed by atoms with Gasteiger partial charge in [0, 0.05) is 36.4 Å². The smallest absolute Gasteiger partial charge is 0.195 e. The molecule has 0 spiro atoms. The number of rotatable bonds is 4. The maximum Gasteiger partial charge on any atom is 0.195 e. The molecule has 0 aliphatic carbocycles. The van der Waals surface area contributed by atoms with Gasteiger partial charge < -0.3 is 4.98 Å². The number of hydrogen-bond donors (Lipinski definition) is 1. The van der Waals surface area contributed by atoms with Crippen LogP contribution in [0.2, 0.25) is 0 Å². The Kier molecular flexibility index (Phi) is 3.85. The van der Waals surface area contributed by atoms with Gasteiger partial charge in [-0.05, 0) is 43.7 Å². The first-order valence-corrected chi connectivity index (χ1v) is 8.13. The second-order valence-corrected chi connectivity index (χ2v) is 5.99. The summed E-state index contributed by atoms with van der Waals surface area (Å²) in [6, 6.07) is 12.4. The van der Waals surface area contributed by atoms with Crippen molar-refractivity contribution in [3.63, 3.8) is 0 Å². The first kappa shape index (κ1) is 15.3. The van der Waals surface area contributed by atoms with Crippen molar-refractivity contribution in [3.05, 3.63) is 77.6 Å². The molecule has 0 radical (unpaired) electrons. The van der Waals surface area contributed by atoms with Gasteiger partial charge in [-0.2, -0.15) is 5.10 Å². The molecule has 25 heavy (non-hydrogen) atoms. The van der Waals surface area contributed by atoms with E-state index in [1.807, 2.05) is 17.7 Å². The SMILES string of the molecule is Cc1cc(C)n(-c2cccc(Cc3ccnc(-c4ncc[nH]4)n3)c2)n1. The molecule has 0 atom stereocenters. The van der Waals surface area contributed by atoms with Crippen LogP contribution in [-0.2, 0) is 6.42 Å². The molecule has 1 aromatic carbocycles. The molecule has 0 saturated heterocycles. The molecule has 3 heterocycles. The van der Waals surface area contributed by atoms with E-state index in [1.165, 1.54) is 5.56 Å². The number of benzene rings is 1. The Bertz CT molecular complexity index is 1000. The van der Waals surface area contributed by atoms with E-state index >= 15 is 0 Å². The van der Waals surface area contributed by atoms with E-state index in [0.717, 1.165) is 29.2 Å². The van der Waals surface area contributed by atoms with Gasteiger partial charge in [0.25, 0.3) is 0 Å². The lowest BCUT2D eigenvalue weighted by Gasteiger charge is -2.08. The molecule has 6 heteroatoms. The van der Waals surface area contributed by atoms with E-state index in [-0.39, 0.29) is 0 Å². The van der Waals surface area contributed by atoms with E-state index in [0.29, 0.717) is 11.6 Å². The zero-order valence-corrected chi connectivity index (χ0v) is 14.1. The minimum absolute atomic E-state index is 0.609. The van der Waals surface area contributed by atoms with Crippen molar-refractivity contribution in [3.8, 4) is 17.3 Å². The van der Waals surface area contributed by atoms with Crippen molar-refractivity contribution < 1.29 is 0 Å². The maximum atomic E-state index is 4.61. The molecule has 124 valence electrons. The average molecular weight is 330 g/mol. The molecule has 4 aromatic rings. The van der Waals surface area contributed by atoms with Gasteiger partial charge in [0.15, 0.2) is 11.6 Å². The summed E-state index contributed by atoms with van der Waals surface area (Å²) in [6.07, 6.45) is 5.96. The molecule has 0 amide bonds. The number of imidazole rings is 1.